The maximum atomic E-state index is 12.2. The van der Waals surface area contributed by atoms with E-state index in [2.05, 4.69) is 59.0 Å². The highest BCUT2D eigenvalue weighted by atomic mass is 32.1. The van der Waals surface area contributed by atoms with Gasteiger partial charge < -0.3 is 9.30 Å². The molecule has 4 rings (SSSR count). The van der Waals surface area contributed by atoms with E-state index in [4.69, 9.17) is 4.74 Å². The lowest BCUT2D eigenvalue weighted by Gasteiger charge is -2.10. The van der Waals surface area contributed by atoms with E-state index in [0.717, 1.165) is 37.1 Å². The summed E-state index contributed by atoms with van der Waals surface area (Å²) in [6.45, 7) is 5.87. The van der Waals surface area contributed by atoms with Crippen LogP contribution in [0.4, 0.5) is 5.13 Å². The van der Waals surface area contributed by atoms with Gasteiger partial charge in [-0.3, -0.25) is 10.1 Å². The number of aromatic nitrogens is 2. The van der Waals surface area contributed by atoms with Gasteiger partial charge in [-0.05, 0) is 44.7 Å². The maximum absolute atomic E-state index is 12.2. The third-order valence-corrected chi connectivity index (χ3v) is 6.03. The number of hydrogen-bond donors (Lipinski definition) is 1. The van der Waals surface area contributed by atoms with E-state index < -0.39 is 0 Å². The van der Waals surface area contributed by atoms with Crippen LogP contribution in [0.3, 0.4) is 0 Å². The highest BCUT2D eigenvalue weighted by Gasteiger charge is 2.24. The van der Waals surface area contributed by atoms with Crippen LogP contribution in [-0.2, 0) is 22.5 Å². The van der Waals surface area contributed by atoms with Crippen LogP contribution >= 0.6 is 11.3 Å². The number of nitrogens with zero attached hydrogens (tertiary/aromatic N) is 2. The SMILES string of the molecule is Cc1cc(-c2csc(NC(=O)[C@@H]3CCCO3)n2)c(C)n1CCc1ccccc1. The van der Waals surface area contributed by atoms with Gasteiger partial charge in [0.2, 0.25) is 0 Å². The molecule has 1 N–H and O–H groups in total. The average Bonchev–Trinajstić information content (AvgIpc) is 3.43. The Morgan fingerprint density at radius 1 is 1.32 bits per heavy atom. The summed E-state index contributed by atoms with van der Waals surface area (Å²) in [4.78, 5) is 16.9. The second kappa shape index (κ2) is 8.29. The molecular formula is C22H25N3O2S. The molecule has 0 bridgehead atoms. The van der Waals surface area contributed by atoms with E-state index in [1.54, 1.807) is 0 Å². The number of anilines is 1. The molecule has 1 amide bonds. The van der Waals surface area contributed by atoms with Crippen molar-refractivity contribution in [3.63, 3.8) is 0 Å². The van der Waals surface area contributed by atoms with Crippen molar-refractivity contribution in [1.29, 1.82) is 0 Å². The zero-order valence-corrected chi connectivity index (χ0v) is 17.1. The lowest BCUT2D eigenvalue weighted by atomic mass is 10.1. The van der Waals surface area contributed by atoms with Gasteiger partial charge in [0, 0.05) is 35.5 Å². The van der Waals surface area contributed by atoms with Crippen molar-refractivity contribution in [3.05, 3.63) is 58.7 Å². The summed E-state index contributed by atoms with van der Waals surface area (Å²) >= 11 is 1.46. The minimum absolute atomic E-state index is 0.0910. The number of amides is 1. The quantitative estimate of drug-likeness (QED) is 0.664. The van der Waals surface area contributed by atoms with E-state index in [9.17, 15) is 4.79 Å². The predicted molar refractivity (Wildman–Crippen MR) is 113 cm³/mol. The van der Waals surface area contributed by atoms with Crippen LogP contribution in [0, 0.1) is 13.8 Å². The van der Waals surface area contributed by atoms with Crippen LogP contribution in [0.15, 0.2) is 41.8 Å². The third-order valence-electron chi connectivity index (χ3n) is 5.27. The second-order valence-corrected chi connectivity index (χ2v) is 8.06. The molecule has 0 radical (unpaired) electrons. The van der Waals surface area contributed by atoms with Crippen molar-refractivity contribution in [3.8, 4) is 11.3 Å². The van der Waals surface area contributed by atoms with E-state index in [1.165, 1.54) is 28.3 Å². The number of rotatable bonds is 6. The zero-order valence-electron chi connectivity index (χ0n) is 16.3. The smallest absolute Gasteiger partial charge is 0.255 e. The van der Waals surface area contributed by atoms with Gasteiger partial charge in [-0.1, -0.05) is 30.3 Å². The molecule has 3 aromatic rings. The van der Waals surface area contributed by atoms with Gasteiger partial charge in [0.05, 0.1) is 5.69 Å². The van der Waals surface area contributed by atoms with Crippen molar-refractivity contribution in [2.24, 2.45) is 0 Å². The monoisotopic (exact) mass is 395 g/mol. The summed E-state index contributed by atoms with van der Waals surface area (Å²) in [7, 11) is 0. The molecule has 1 fully saturated rings. The standard InChI is InChI=1S/C22H25N3O2S/c1-15-13-18(16(2)25(15)11-10-17-7-4-3-5-8-17)19-14-28-22(23-19)24-21(26)20-9-6-12-27-20/h3-5,7-8,13-14,20H,6,9-12H2,1-2H3,(H,23,24,26)/t20-/m0/s1. The summed E-state index contributed by atoms with van der Waals surface area (Å²) in [6.07, 6.45) is 2.38. The first-order valence-electron chi connectivity index (χ1n) is 9.71. The largest absolute Gasteiger partial charge is 0.368 e. The highest BCUT2D eigenvalue weighted by molar-refractivity contribution is 7.14. The number of benzene rings is 1. The Kier molecular flexibility index (Phi) is 5.59. The van der Waals surface area contributed by atoms with Crippen molar-refractivity contribution in [2.75, 3.05) is 11.9 Å². The van der Waals surface area contributed by atoms with Crippen LogP contribution in [0.25, 0.3) is 11.3 Å². The van der Waals surface area contributed by atoms with Gasteiger partial charge in [-0.15, -0.1) is 11.3 Å². The number of hydrogen-bond acceptors (Lipinski definition) is 4. The summed E-state index contributed by atoms with van der Waals surface area (Å²) in [5.41, 5.74) is 5.80. The molecule has 0 unspecified atom stereocenters. The Morgan fingerprint density at radius 2 is 2.14 bits per heavy atom. The van der Waals surface area contributed by atoms with Crippen LogP contribution in [0.5, 0.6) is 0 Å². The maximum Gasteiger partial charge on any atom is 0.255 e. The molecule has 28 heavy (non-hydrogen) atoms. The van der Waals surface area contributed by atoms with Gasteiger partial charge in [0.25, 0.3) is 5.91 Å². The second-order valence-electron chi connectivity index (χ2n) is 7.20. The summed E-state index contributed by atoms with van der Waals surface area (Å²) in [6, 6.07) is 12.7. The molecule has 0 aliphatic carbocycles. The minimum Gasteiger partial charge on any atom is -0.368 e. The molecule has 3 heterocycles. The molecule has 2 aromatic heterocycles. The van der Waals surface area contributed by atoms with Gasteiger partial charge in [-0.25, -0.2) is 4.98 Å². The van der Waals surface area contributed by atoms with Gasteiger partial charge >= 0.3 is 0 Å². The molecule has 1 aliphatic rings. The molecule has 0 saturated carbocycles. The van der Waals surface area contributed by atoms with Crippen LogP contribution in [0.2, 0.25) is 0 Å². The molecule has 6 heteroatoms. The highest BCUT2D eigenvalue weighted by Crippen LogP contribution is 2.30. The first-order chi connectivity index (χ1) is 13.6. The number of carbonyl (C=O) groups is 1. The Morgan fingerprint density at radius 3 is 2.89 bits per heavy atom. The molecule has 146 valence electrons. The van der Waals surface area contributed by atoms with Gasteiger partial charge in [-0.2, -0.15) is 0 Å². The Bertz CT molecular complexity index is 956. The Labute approximate surface area is 169 Å². The summed E-state index contributed by atoms with van der Waals surface area (Å²) in [5, 5.41) is 5.54. The fourth-order valence-corrected chi connectivity index (χ4v) is 4.43. The molecular weight excluding hydrogens is 370 g/mol. The molecule has 1 saturated heterocycles. The topological polar surface area (TPSA) is 56.1 Å². The summed E-state index contributed by atoms with van der Waals surface area (Å²) in [5.74, 6) is -0.0910. The minimum atomic E-state index is -0.338. The zero-order chi connectivity index (χ0) is 19.5. The first kappa shape index (κ1) is 18.9. The van der Waals surface area contributed by atoms with Crippen molar-refractivity contribution < 1.29 is 9.53 Å². The van der Waals surface area contributed by atoms with E-state index in [0.29, 0.717) is 11.7 Å². The number of aryl methyl sites for hydroxylation is 2. The molecule has 5 nitrogen and oxygen atoms in total. The lowest BCUT2D eigenvalue weighted by molar-refractivity contribution is -0.124. The van der Waals surface area contributed by atoms with E-state index in [-0.39, 0.29) is 12.0 Å². The average molecular weight is 396 g/mol. The van der Waals surface area contributed by atoms with Crippen LogP contribution in [-0.4, -0.2) is 28.2 Å². The molecule has 0 spiro atoms. The van der Waals surface area contributed by atoms with Gasteiger partial charge in [0.1, 0.15) is 6.10 Å². The fourth-order valence-electron chi connectivity index (χ4n) is 3.72. The summed E-state index contributed by atoms with van der Waals surface area (Å²) < 4.78 is 7.78. The first-order valence-corrected chi connectivity index (χ1v) is 10.6. The van der Waals surface area contributed by atoms with Crippen molar-refractivity contribution >= 4 is 22.4 Å². The van der Waals surface area contributed by atoms with Gasteiger partial charge in [0.15, 0.2) is 5.13 Å². The van der Waals surface area contributed by atoms with E-state index >= 15 is 0 Å². The molecule has 1 aromatic carbocycles. The number of nitrogens with one attached hydrogen (secondary N) is 1. The number of carbonyl (C=O) groups excluding carboxylic acids is 1. The van der Waals surface area contributed by atoms with Crippen LogP contribution in [0.1, 0.15) is 29.8 Å². The Balaban J connectivity index is 1.47. The lowest BCUT2D eigenvalue weighted by Crippen LogP contribution is -2.26. The number of ether oxygens (including phenoxy) is 1. The molecule has 1 atom stereocenters. The van der Waals surface area contributed by atoms with Crippen molar-refractivity contribution in [1.82, 2.24) is 9.55 Å². The Hall–Kier alpha value is -2.44. The van der Waals surface area contributed by atoms with Crippen molar-refractivity contribution in [2.45, 2.75) is 45.8 Å². The predicted octanol–water partition coefficient (Wildman–Crippen LogP) is 4.59. The fraction of sp³-hybridized carbons (Fsp3) is 0.364. The third kappa shape index (κ3) is 4.03. The van der Waals surface area contributed by atoms with Crippen LogP contribution < -0.4 is 5.32 Å². The molecule has 1 aliphatic heterocycles. The normalized spacial score (nSPS) is 16.4. The number of thiazole rings is 1. The van der Waals surface area contributed by atoms with E-state index in [1.807, 2.05) is 11.4 Å².